The number of nitrogens with one attached hydrogen (secondary N) is 1. The lowest BCUT2D eigenvalue weighted by atomic mass is 10.2. The Labute approximate surface area is 169 Å². The second kappa shape index (κ2) is 8.44. The fourth-order valence-corrected chi connectivity index (χ4v) is 3.96. The van der Waals surface area contributed by atoms with Crippen LogP contribution in [0.1, 0.15) is 33.9 Å². The second-order valence-corrected chi connectivity index (χ2v) is 7.90. The summed E-state index contributed by atoms with van der Waals surface area (Å²) < 4.78 is 5.81. The van der Waals surface area contributed by atoms with Gasteiger partial charge in [0.1, 0.15) is 12.4 Å². The zero-order valence-corrected chi connectivity index (χ0v) is 16.7. The van der Waals surface area contributed by atoms with Gasteiger partial charge in [0, 0.05) is 24.0 Å². The van der Waals surface area contributed by atoms with Gasteiger partial charge >= 0.3 is 0 Å². The van der Waals surface area contributed by atoms with Crippen LogP contribution in [0.15, 0.2) is 53.9 Å². The molecule has 144 valence electrons. The van der Waals surface area contributed by atoms with Crippen LogP contribution in [0.4, 0.5) is 11.4 Å². The zero-order valence-electron chi connectivity index (χ0n) is 15.9. The van der Waals surface area contributed by atoms with Gasteiger partial charge in [-0.3, -0.25) is 4.79 Å². The first kappa shape index (κ1) is 18.5. The van der Waals surface area contributed by atoms with E-state index in [1.807, 2.05) is 42.6 Å². The molecule has 1 saturated heterocycles. The monoisotopic (exact) mass is 393 g/mol. The van der Waals surface area contributed by atoms with E-state index in [1.165, 1.54) is 12.8 Å². The quantitative estimate of drug-likeness (QED) is 0.648. The molecule has 0 atom stereocenters. The van der Waals surface area contributed by atoms with Gasteiger partial charge in [-0.05, 0) is 50.1 Å². The number of aryl methyl sites for hydroxylation is 1. The fourth-order valence-electron chi connectivity index (χ4n) is 3.37. The average Bonchev–Trinajstić information content (AvgIpc) is 3.39. The van der Waals surface area contributed by atoms with E-state index in [1.54, 1.807) is 23.5 Å². The molecule has 0 radical (unpaired) electrons. The maximum absolute atomic E-state index is 12.8. The Kier molecular flexibility index (Phi) is 5.58. The van der Waals surface area contributed by atoms with Crippen molar-refractivity contribution in [3.05, 3.63) is 70.2 Å². The predicted molar refractivity (Wildman–Crippen MR) is 113 cm³/mol. The van der Waals surface area contributed by atoms with E-state index in [-0.39, 0.29) is 5.91 Å². The first-order chi connectivity index (χ1) is 13.7. The van der Waals surface area contributed by atoms with Gasteiger partial charge < -0.3 is 15.0 Å². The van der Waals surface area contributed by atoms with Crippen molar-refractivity contribution in [1.29, 1.82) is 0 Å². The standard InChI is InChI=1S/C22H23N3O2S/c1-16-23-18(15-28-16)14-27-19-8-6-7-17(13-19)22(26)24-20-9-2-3-10-21(20)25-11-4-5-12-25/h2-3,6-10,13,15H,4-5,11-12,14H2,1H3,(H,24,26). The summed E-state index contributed by atoms with van der Waals surface area (Å²) in [5, 5.41) is 6.07. The number of hydrogen-bond acceptors (Lipinski definition) is 5. The highest BCUT2D eigenvalue weighted by molar-refractivity contribution is 7.09. The van der Waals surface area contributed by atoms with E-state index < -0.39 is 0 Å². The third kappa shape index (κ3) is 4.34. The largest absolute Gasteiger partial charge is 0.487 e. The van der Waals surface area contributed by atoms with Gasteiger partial charge in [-0.15, -0.1) is 11.3 Å². The Balaban J connectivity index is 1.45. The molecule has 1 fully saturated rings. The number of carbonyl (C=O) groups excluding carboxylic acids is 1. The smallest absolute Gasteiger partial charge is 0.255 e. The van der Waals surface area contributed by atoms with Crippen LogP contribution >= 0.6 is 11.3 Å². The molecule has 2 heterocycles. The van der Waals surface area contributed by atoms with Gasteiger partial charge in [0.05, 0.1) is 22.1 Å². The molecular formula is C22H23N3O2S. The molecule has 0 bridgehead atoms. The number of nitrogens with zero attached hydrogens (tertiary/aromatic N) is 2. The summed E-state index contributed by atoms with van der Waals surface area (Å²) in [6.07, 6.45) is 2.39. The van der Waals surface area contributed by atoms with Crippen molar-refractivity contribution in [2.24, 2.45) is 0 Å². The van der Waals surface area contributed by atoms with E-state index in [0.717, 1.165) is 35.2 Å². The Morgan fingerprint density at radius 2 is 2.00 bits per heavy atom. The summed E-state index contributed by atoms with van der Waals surface area (Å²) >= 11 is 1.60. The number of rotatable bonds is 6. The van der Waals surface area contributed by atoms with Crippen LogP contribution in [-0.2, 0) is 6.61 Å². The van der Waals surface area contributed by atoms with Crippen LogP contribution in [0.2, 0.25) is 0 Å². The van der Waals surface area contributed by atoms with E-state index >= 15 is 0 Å². The number of thiazole rings is 1. The van der Waals surface area contributed by atoms with Crippen molar-refractivity contribution in [3.8, 4) is 5.75 Å². The minimum Gasteiger partial charge on any atom is -0.487 e. The number of carbonyl (C=O) groups is 1. The van der Waals surface area contributed by atoms with Crippen molar-refractivity contribution in [2.75, 3.05) is 23.3 Å². The Morgan fingerprint density at radius 3 is 2.79 bits per heavy atom. The zero-order chi connectivity index (χ0) is 19.3. The molecule has 4 rings (SSSR count). The molecule has 28 heavy (non-hydrogen) atoms. The Bertz CT molecular complexity index is 964. The van der Waals surface area contributed by atoms with Crippen LogP contribution < -0.4 is 15.0 Å². The van der Waals surface area contributed by atoms with Crippen LogP contribution in [0.5, 0.6) is 5.75 Å². The number of anilines is 2. The van der Waals surface area contributed by atoms with Crippen molar-refractivity contribution in [1.82, 2.24) is 4.98 Å². The number of hydrogen-bond donors (Lipinski definition) is 1. The molecule has 5 nitrogen and oxygen atoms in total. The van der Waals surface area contributed by atoms with E-state index in [9.17, 15) is 4.79 Å². The van der Waals surface area contributed by atoms with Crippen molar-refractivity contribution in [2.45, 2.75) is 26.4 Å². The van der Waals surface area contributed by atoms with Crippen LogP contribution in [-0.4, -0.2) is 24.0 Å². The molecule has 0 aliphatic carbocycles. The fraction of sp³-hybridized carbons (Fsp3) is 0.273. The second-order valence-electron chi connectivity index (χ2n) is 6.84. The first-order valence-electron chi connectivity index (χ1n) is 9.48. The highest BCUT2D eigenvalue weighted by atomic mass is 32.1. The number of aromatic nitrogens is 1. The van der Waals surface area contributed by atoms with Gasteiger partial charge in [-0.25, -0.2) is 4.98 Å². The molecule has 6 heteroatoms. The molecule has 1 aliphatic rings. The number of ether oxygens (including phenoxy) is 1. The molecule has 1 amide bonds. The summed E-state index contributed by atoms with van der Waals surface area (Å²) in [5.74, 6) is 0.521. The maximum atomic E-state index is 12.8. The third-order valence-electron chi connectivity index (χ3n) is 4.75. The summed E-state index contributed by atoms with van der Waals surface area (Å²) in [4.78, 5) is 19.5. The minimum atomic E-state index is -0.137. The molecule has 1 aliphatic heterocycles. The van der Waals surface area contributed by atoms with Crippen LogP contribution in [0.3, 0.4) is 0 Å². The van der Waals surface area contributed by atoms with Crippen LogP contribution in [0.25, 0.3) is 0 Å². The van der Waals surface area contributed by atoms with Gasteiger partial charge in [-0.2, -0.15) is 0 Å². The summed E-state index contributed by atoms with van der Waals surface area (Å²) in [7, 11) is 0. The number of amides is 1. The van der Waals surface area contributed by atoms with E-state index in [0.29, 0.717) is 17.9 Å². The van der Waals surface area contributed by atoms with Crippen molar-refractivity contribution in [3.63, 3.8) is 0 Å². The molecule has 0 saturated carbocycles. The van der Waals surface area contributed by atoms with Crippen molar-refractivity contribution >= 4 is 28.6 Å². The average molecular weight is 394 g/mol. The van der Waals surface area contributed by atoms with Gasteiger partial charge in [-0.1, -0.05) is 18.2 Å². The van der Waals surface area contributed by atoms with E-state index in [4.69, 9.17) is 4.74 Å². The minimum absolute atomic E-state index is 0.137. The SMILES string of the molecule is Cc1nc(COc2cccc(C(=O)Nc3ccccc3N3CCCC3)c2)cs1. The molecule has 0 unspecified atom stereocenters. The number of benzene rings is 2. The molecule has 2 aromatic carbocycles. The normalized spacial score (nSPS) is 13.5. The molecule has 0 spiro atoms. The lowest BCUT2D eigenvalue weighted by Crippen LogP contribution is -2.21. The molecular weight excluding hydrogens is 370 g/mol. The van der Waals surface area contributed by atoms with E-state index in [2.05, 4.69) is 21.3 Å². The van der Waals surface area contributed by atoms with Gasteiger partial charge in [0.2, 0.25) is 0 Å². The summed E-state index contributed by atoms with van der Waals surface area (Å²) in [5.41, 5.74) is 3.40. The molecule has 3 aromatic rings. The lowest BCUT2D eigenvalue weighted by Gasteiger charge is -2.21. The third-order valence-corrected chi connectivity index (χ3v) is 5.57. The Hall–Kier alpha value is -2.86. The number of para-hydroxylation sites is 2. The summed E-state index contributed by atoms with van der Waals surface area (Å²) in [6, 6.07) is 15.2. The first-order valence-corrected chi connectivity index (χ1v) is 10.4. The van der Waals surface area contributed by atoms with Crippen LogP contribution in [0, 0.1) is 6.92 Å². The highest BCUT2D eigenvalue weighted by Gasteiger charge is 2.17. The molecule has 1 N–H and O–H groups in total. The van der Waals surface area contributed by atoms with Gasteiger partial charge in [0.15, 0.2) is 0 Å². The molecule has 1 aromatic heterocycles. The van der Waals surface area contributed by atoms with Crippen molar-refractivity contribution < 1.29 is 9.53 Å². The van der Waals surface area contributed by atoms with Gasteiger partial charge in [0.25, 0.3) is 5.91 Å². The predicted octanol–water partition coefficient (Wildman–Crippen LogP) is 4.88. The highest BCUT2D eigenvalue weighted by Crippen LogP contribution is 2.29. The topological polar surface area (TPSA) is 54.5 Å². The maximum Gasteiger partial charge on any atom is 0.255 e. The lowest BCUT2D eigenvalue weighted by molar-refractivity contribution is 0.102. The Morgan fingerprint density at radius 1 is 1.18 bits per heavy atom. The summed E-state index contributed by atoms with van der Waals surface area (Å²) in [6.45, 7) is 4.44.